The normalized spacial score (nSPS) is 18.7. The van der Waals surface area contributed by atoms with Gasteiger partial charge in [-0.15, -0.1) is 0 Å². The van der Waals surface area contributed by atoms with E-state index in [9.17, 15) is 0 Å². The summed E-state index contributed by atoms with van der Waals surface area (Å²) in [6, 6.07) is 10.2. The number of benzene rings is 1. The molecule has 1 heterocycles. The van der Waals surface area contributed by atoms with Crippen LogP contribution < -0.4 is 10.2 Å². The molecule has 0 bridgehead atoms. The summed E-state index contributed by atoms with van der Waals surface area (Å²) in [6.07, 6.45) is 2.56. The fourth-order valence-electron chi connectivity index (χ4n) is 3.26. The first-order valence-corrected chi connectivity index (χ1v) is 8.44. The van der Waals surface area contributed by atoms with Crippen molar-refractivity contribution in [1.29, 1.82) is 0 Å². The van der Waals surface area contributed by atoms with Crippen LogP contribution in [0, 0.1) is 0 Å². The largest absolute Gasteiger partial charge is 0.372 e. The van der Waals surface area contributed by atoms with E-state index in [1.165, 1.54) is 43.7 Å². The Balaban J connectivity index is 1.95. The monoisotopic (exact) mass is 289 g/mol. The molecule has 0 radical (unpaired) electrons. The average molecular weight is 289 g/mol. The summed E-state index contributed by atoms with van der Waals surface area (Å²) < 4.78 is 0. The van der Waals surface area contributed by atoms with E-state index in [1.54, 1.807) is 0 Å². The van der Waals surface area contributed by atoms with Crippen molar-refractivity contribution in [2.75, 3.05) is 38.1 Å². The van der Waals surface area contributed by atoms with Crippen LogP contribution in [0.25, 0.3) is 0 Å². The Morgan fingerprint density at radius 3 is 2.33 bits per heavy atom. The van der Waals surface area contributed by atoms with E-state index in [-0.39, 0.29) is 0 Å². The van der Waals surface area contributed by atoms with Gasteiger partial charge in [-0.2, -0.15) is 0 Å². The summed E-state index contributed by atoms with van der Waals surface area (Å²) in [5.41, 5.74) is 2.71. The molecule has 0 spiro atoms. The molecular weight excluding hydrogens is 258 g/mol. The second-order valence-corrected chi connectivity index (χ2v) is 6.15. The van der Waals surface area contributed by atoms with E-state index in [0.29, 0.717) is 12.1 Å². The third-order valence-electron chi connectivity index (χ3n) is 4.86. The van der Waals surface area contributed by atoms with Crippen molar-refractivity contribution in [3.8, 4) is 0 Å². The zero-order valence-electron chi connectivity index (χ0n) is 14.1. The van der Waals surface area contributed by atoms with E-state index in [2.05, 4.69) is 67.2 Å². The van der Waals surface area contributed by atoms with Gasteiger partial charge in [0.1, 0.15) is 0 Å². The third kappa shape index (κ3) is 4.21. The molecule has 1 N–H and O–H groups in total. The SMILES string of the molecule is CCNC(C)c1ccc(N(C)C2CCN(CC)CC2)cc1. The lowest BCUT2D eigenvalue weighted by atomic mass is 10.0. The summed E-state index contributed by atoms with van der Waals surface area (Å²) in [6.45, 7) is 11.3. The number of hydrogen-bond donors (Lipinski definition) is 1. The van der Waals surface area contributed by atoms with Crippen molar-refractivity contribution in [2.45, 2.75) is 45.7 Å². The number of piperidine rings is 1. The number of nitrogens with one attached hydrogen (secondary N) is 1. The van der Waals surface area contributed by atoms with E-state index in [4.69, 9.17) is 0 Å². The average Bonchev–Trinajstić information content (AvgIpc) is 2.54. The van der Waals surface area contributed by atoms with E-state index in [0.717, 1.165) is 6.54 Å². The van der Waals surface area contributed by atoms with Crippen LogP contribution in [-0.4, -0.2) is 44.2 Å². The summed E-state index contributed by atoms with van der Waals surface area (Å²) in [7, 11) is 2.25. The first-order chi connectivity index (χ1) is 10.2. The van der Waals surface area contributed by atoms with Crippen molar-refractivity contribution in [3.63, 3.8) is 0 Å². The Labute approximate surface area is 130 Å². The van der Waals surface area contributed by atoms with Gasteiger partial charge in [0, 0.05) is 37.9 Å². The molecule has 118 valence electrons. The number of hydrogen-bond acceptors (Lipinski definition) is 3. The smallest absolute Gasteiger partial charge is 0.0366 e. The van der Waals surface area contributed by atoms with Crippen LogP contribution in [-0.2, 0) is 0 Å². The predicted octanol–water partition coefficient (Wildman–Crippen LogP) is 3.28. The summed E-state index contributed by atoms with van der Waals surface area (Å²) in [5, 5.41) is 3.47. The molecule has 1 aromatic rings. The maximum Gasteiger partial charge on any atom is 0.0366 e. The fraction of sp³-hybridized carbons (Fsp3) is 0.667. The molecule has 1 fully saturated rings. The van der Waals surface area contributed by atoms with Crippen LogP contribution >= 0.6 is 0 Å². The van der Waals surface area contributed by atoms with Gasteiger partial charge in [0.15, 0.2) is 0 Å². The quantitative estimate of drug-likeness (QED) is 0.867. The lowest BCUT2D eigenvalue weighted by molar-refractivity contribution is 0.221. The number of anilines is 1. The van der Waals surface area contributed by atoms with E-state index < -0.39 is 0 Å². The van der Waals surface area contributed by atoms with Gasteiger partial charge in [-0.05, 0) is 50.6 Å². The van der Waals surface area contributed by atoms with Gasteiger partial charge in [-0.25, -0.2) is 0 Å². The highest BCUT2D eigenvalue weighted by Gasteiger charge is 2.21. The van der Waals surface area contributed by atoms with Gasteiger partial charge in [0.05, 0.1) is 0 Å². The zero-order valence-corrected chi connectivity index (χ0v) is 14.1. The Bertz CT molecular complexity index is 407. The molecule has 1 aliphatic heterocycles. The molecule has 0 amide bonds. The van der Waals surface area contributed by atoms with E-state index >= 15 is 0 Å². The van der Waals surface area contributed by atoms with Crippen LogP contribution in [0.15, 0.2) is 24.3 Å². The number of likely N-dealkylation sites (tertiary alicyclic amines) is 1. The highest BCUT2D eigenvalue weighted by atomic mass is 15.2. The molecule has 3 nitrogen and oxygen atoms in total. The van der Waals surface area contributed by atoms with E-state index in [1.807, 2.05) is 0 Å². The molecular formula is C18H31N3. The fourth-order valence-corrected chi connectivity index (χ4v) is 3.26. The van der Waals surface area contributed by atoms with Crippen molar-refractivity contribution < 1.29 is 0 Å². The lowest BCUT2D eigenvalue weighted by Crippen LogP contribution is -2.43. The Morgan fingerprint density at radius 1 is 1.19 bits per heavy atom. The highest BCUT2D eigenvalue weighted by Crippen LogP contribution is 2.24. The van der Waals surface area contributed by atoms with Crippen LogP contribution in [0.5, 0.6) is 0 Å². The summed E-state index contributed by atoms with van der Waals surface area (Å²) in [5.74, 6) is 0. The predicted molar refractivity (Wildman–Crippen MR) is 92.1 cm³/mol. The molecule has 1 aliphatic rings. The van der Waals surface area contributed by atoms with Crippen molar-refractivity contribution in [3.05, 3.63) is 29.8 Å². The van der Waals surface area contributed by atoms with Crippen LogP contribution in [0.1, 0.15) is 45.2 Å². The highest BCUT2D eigenvalue weighted by molar-refractivity contribution is 5.48. The minimum atomic E-state index is 0.433. The minimum Gasteiger partial charge on any atom is -0.372 e. The third-order valence-corrected chi connectivity index (χ3v) is 4.86. The molecule has 2 rings (SSSR count). The second kappa shape index (κ2) is 7.81. The molecule has 3 heteroatoms. The molecule has 0 saturated carbocycles. The van der Waals surface area contributed by atoms with Gasteiger partial charge >= 0.3 is 0 Å². The molecule has 1 atom stereocenters. The van der Waals surface area contributed by atoms with Crippen LogP contribution in [0.3, 0.4) is 0 Å². The van der Waals surface area contributed by atoms with Gasteiger partial charge < -0.3 is 15.1 Å². The van der Waals surface area contributed by atoms with Crippen molar-refractivity contribution in [2.24, 2.45) is 0 Å². The minimum absolute atomic E-state index is 0.433. The van der Waals surface area contributed by atoms with Crippen LogP contribution in [0.2, 0.25) is 0 Å². The maximum absolute atomic E-state index is 3.47. The molecule has 1 saturated heterocycles. The molecule has 1 aromatic carbocycles. The first kappa shape index (κ1) is 16.3. The Morgan fingerprint density at radius 2 is 1.81 bits per heavy atom. The number of nitrogens with zero attached hydrogens (tertiary/aromatic N) is 2. The van der Waals surface area contributed by atoms with Crippen molar-refractivity contribution in [1.82, 2.24) is 10.2 Å². The topological polar surface area (TPSA) is 18.5 Å². The summed E-state index contributed by atoms with van der Waals surface area (Å²) >= 11 is 0. The standard InChI is InChI=1S/C18H31N3/c1-5-19-15(3)16-7-9-17(10-8-16)20(4)18-11-13-21(6-2)14-12-18/h7-10,15,18-19H,5-6,11-14H2,1-4H3. The molecule has 0 aromatic heterocycles. The zero-order chi connectivity index (χ0) is 15.2. The molecule has 0 aliphatic carbocycles. The van der Waals surface area contributed by atoms with Crippen LogP contribution in [0.4, 0.5) is 5.69 Å². The second-order valence-electron chi connectivity index (χ2n) is 6.15. The number of rotatable bonds is 6. The Kier molecular flexibility index (Phi) is 6.07. The Hall–Kier alpha value is -1.06. The molecule has 21 heavy (non-hydrogen) atoms. The lowest BCUT2D eigenvalue weighted by Gasteiger charge is -2.37. The molecule has 1 unspecified atom stereocenters. The first-order valence-electron chi connectivity index (χ1n) is 8.44. The van der Waals surface area contributed by atoms with Crippen molar-refractivity contribution >= 4 is 5.69 Å². The summed E-state index contributed by atoms with van der Waals surface area (Å²) in [4.78, 5) is 5.01. The van der Waals surface area contributed by atoms with Gasteiger partial charge in [0.25, 0.3) is 0 Å². The van der Waals surface area contributed by atoms with Gasteiger partial charge in [-0.1, -0.05) is 26.0 Å². The maximum atomic E-state index is 3.47. The van der Waals surface area contributed by atoms with Gasteiger partial charge in [-0.3, -0.25) is 0 Å². The van der Waals surface area contributed by atoms with Gasteiger partial charge in [0.2, 0.25) is 0 Å².